The normalized spacial score (nSPS) is 24.6. The van der Waals surface area contributed by atoms with Crippen LogP contribution in [-0.4, -0.2) is 72.5 Å². The molecule has 8 nitrogen and oxygen atoms in total. The molecule has 28 heavy (non-hydrogen) atoms. The van der Waals surface area contributed by atoms with E-state index >= 15 is 0 Å². The van der Waals surface area contributed by atoms with Gasteiger partial charge in [-0.1, -0.05) is 0 Å². The third-order valence-electron chi connectivity index (χ3n) is 6.12. The van der Waals surface area contributed by atoms with E-state index in [1.165, 1.54) is 38.8 Å². The Balaban J connectivity index is 1.50. The molecular weight excluding hydrogens is 360 g/mol. The van der Waals surface area contributed by atoms with E-state index in [0.29, 0.717) is 12.1 Å². The summed E-state index contributed by atoms with van der Waals surface area (Å²) in [5.74, 6) is 0. The molecule has 4 unspecified atom stereocenters. The first-order chi connectivity index (χ1) is 13.3. The van der Waals surface area contributed by atoms with Gasteiger partial charge in [0.05, 0.1) is 0 Å². The van der Waals surface area contributed by atoms with Gasteiger partial charge in [0, 0.05) is 12.1 Å². The summed E-state index contributed by atoms with van der Waals surface area (Å²) in [6.07, 6.45) is 7.22. The number of rotatable bonds is 13. The van der Waals surface area contributed by atoms with Crippen molar-refractivity contribution in [2.45, 2.75) is 89.5 Å². The van der Waals surface area contributed by atoms with Crippen LogP contribution in [0.1, 0.15) is 65.2 Å². The number of nitrogens with zero attached hydrogens (tertiary/aromatic N) is 2. The molecule has 0 bridgehead atoms. The van der Waals surface area contributed by atoms with Crippen molar-refractivity contribution < 1.29 is 19.1 Å². The smallest absolute Gasteiger partial charge is 0.404 e. The van der Waals surface area contributed by atoms with Crippen molar-refractivity contribution in [1.82, 2.24) is 9.80 Å². The number of amides is 2. The van der Waals surface area contributed by atoms with Crippen molar-refractivity contribution in [2.24, 2.45) is 11.5 Å². The second-order valence-electron chi connectivity index (χ2n) is 8.31. The van der Waals surface area contributed by atoms with Crippen LogP contribution in [-0.2, 0) is 9.47 Å². The van der Waals surface area contributed by atoms with Crippen LogP contribution in [0.15, 0.2) is 0 Å². The van der Waals surface area contributed by atoms with Crippen LogP contribution in [0.3, 0.4) is 0 Å². The molecular formula is C20H38N4O4. The Labute approximate surface area is 168 Å². The van der Waals surface area contributed by atoms with Gasteiger partial charge in [0.25, 0.3) is 0 Å². The lowest BCUT2D eigenvalue weighted by molar-refractivity contribution is 0.0489. The van der Waals surface area contributed by atoms with Gasteiger partial charge >= 0.3 is 12.2 Å². The predicted molar refractivity (Wildman–Crippen MR) is 108 cm³/mol. The number of unbranched alkanes of at least 4 members (excludes halogenated alkanes) is 1. The summed E-state index contributed by atoms with van der Waals surface area (Å²) in [4.78, 5) is 26.6. The average Bonchev–Trinajstić information content (AvgIpc) is 2.54. The SMILES string of the molecule is CC(CCC1CCN1CCCCN1CCC1CCC(C)OC(N)=O)OC(N)=O. The van der Waals surface area contributed by atoms with Crippen LogP contribution < -0.4 is 11.5 Å². The average molecular weight is 399 g/mol. The molecule has 2 heterocycles. The summed E-state index contributed by atoms with van der Waals surface area (Å²) >= 11 is 0. The Morgan fingerprint density at radius 1 is 0.857 bits per heavy atom. The van der Waals surface area contributed by atoms with E-state index in [1.54, 1.807) is 0 Å². The molecule has 4 atom stereocenters. The van der Waals surface area contributed by atoms with Crippen molar-refractivity contribution in [3.63, 3.8) is 0 Å². The van der Waals surface area contributed by atoms with Crippen molar-refractivity contribution in [3.05, 3.63) is 0 Å². The fourth-order valence-electron chi connectivity index (χ4n) is 4.23. The maximum atomic E-state index is 10.8. The summed E-state index contributed by atoms with van der Waals surface area (Å²) in [5, 5.41) is 0. The minimum Gasteiger partial charge on any atom is -0.447 e. The van der Waals surface area contributed by atoms with E-state index in [1.807, 2.05) is 13.8 Å². The lowest BCUT2D eigenvalue weighted by atomic mass is 9.95. The van der Waals surface area contributed by atoms with Crippen molar-refractivity contribution in [1.29, 1.82) is 0 Å². The molecule has 2 amide bonds. The first kappa shape index (κ1) is 22.7. The molecule has 8 heteroatoms. The molecule has 2 aliphatic heterocycles. The van der Waals surface area contributed by atoms with Gasteiger partial charge in [-0.3, -0.25) is 0 Å². The monoisotopic (exact) mass is 398 g/mol. The fraction of sp³-hybridized carbons (Fsp3) is 0.900. The Morgan fingerprint density at radius 2 is 1.25 bits per heavy atom. The highest BCUT2D eigenvalue weighted by atomic mass is 16.6. The molecule has 0 radical (unpaired) electrons. The second kappa shape index (κ2) is 11.5. The quantitative estimate of drug-likeness (QED) is 0.461. The fourth-order valence-corrected chi connectivity index (χ4v) is 4.23. The van der Waals surface area contributed by atoms with E-state index in [4.69, 9.17) is 20.9 Å². The zero-order valence-electron chi connectivity index (χ0n) is 17.5. The molecule has 162 valence electrons. The molecule has 0 saturated carbocycles. The van der Waals surface area contributed by atoms with Gasteiger partial charge in [-0.25, -0.2) is 9.59 Å². The summed E-state index contributed by atoms with van der Waals surface area (Å²) < 4.78 is 9.99. The van der Waals surface area contributed by atoms with Gasteiger partial charge in [-0.05, 0) is 91.4 Å². The standard InChI is InChI=1S/C20H38N4O4/c1-15(27-19(21)25)5-7-17-9-13-23(17)11-3-4-12-24-14-10-18(24)8-6-16(2)28-20(22)26/h15-18H,3-14H2,1-2H3,(H2,21,25)(H2,22,26). The van der Waals surface area contributed by atoms with Gasteiger partial charge < -0.3 is 30.7 Å². The van der Waals surface area contributed by atoms with Crippen LogP contribution in [0.2, 0.25) is 0 Å². The number of hydrogen-bond donors (Lipinski definition) is 2. The number of hydrogen-bond acceptors (Lipinski definition) is 6. The van der Waals surface area contributed by atoms with Gasteiger partial charge in [-0.2, -0.15) is 0 Å². The highest BCUT2D eigenvalue weighted by Crippen LogP contribution is 2.25. The molecule has 2 fully saturated rings. The number of likely N-dealkylation sites (tertiary alicyclic amines) is 2. The van der Waals surface area contributed by atoms with E-state index < -0.39 is 12.2 Å². The van der Waals surface area contributed by atoms with Crippen LogP contribution in [0.25, 0.3) is 0 Å². The highest BCUT2D eigenvalue weighted by molar-refractivity contribution is 5.65. The van der Waals surface area contributed by atoms with Crippen molar-refractivity contribution >= 4 is 12.2 Å². The second-order valence-corrected chi connectivity index (χ2v) is 8.31. The summed E-state index contributed by atoms with van der Waals surface area (Å²) in [5.41, 5.74) is 10.1. The molecule has 0 spiro atoms. The zero-order valence-corrected chi connectivity index (χ0v) is 17.5. The maximum Gasteiger partial charge on any atom is 0.404 e. The maximum absolute atomic E-state index is 10.8. The number of carbonyl (C=O) groups excluding carboxylic acids is 2. The number of nitrogens with two attached hydrogens (primary N) is 2. The van der Waals surface area contributed by atoms with Crippen LogP contribution in [0.5, 0.6) is 0 Å². The highest BCUT2D eigenvalue weighted by Gasteiger charge is 2.29. The minimum absolute atomic E-state index is 0.0978. The molecule has 0 aromatic carbocycles. The molecule has 0 aromatic heterocycles. The van der Waals surface area contributed by atoms with Gasteiger partial charge in [-0.15, -0.1) is 0 Å². The van der Waals surface area contributed by atoms with E-state index in [0.717, 1.165) is 38.8 Å². The first-order valence-electron chi connectivity index (χ1n) is 10.8. The lowest BCUT2D eigenvalue weighted by Gasteiger charge is -2.43. The molecule has 0 aliphatic carbocycles. The molecule has 4 N–H and O–H groups in total. The summed E-state index contributed by atoms with van der Waals surface area (Å²) in [6.45, 7) is 8.46. The molecule has 2 aliphatic rings. The van der Waals surface area contributed by atoms with E-state index in [9.17, 15) is 9.59 Å². The van der Waals surface area contributed by atoms with E-state index in [-0.39, 0.29) is 12.2 Å². The van der Waals surface area contributed by atoms with Crippen LogP contribution in [0, 0.1) is 0 Å². The molecule has 2 saturated heterocycles. The first-order valence-corrected chi connectivity index (χ1v) is 10.8. The Kier molecular flexibility index (Phi) is 9.31. The van der Waals surface area contributed by atoms with Gasteiger partial charge in [0.15, 0.2) is 0 Å². The topological polar surface area (TPSA) is 111 Å². The van der Waals surface area contributed by atoms with Gasteiger partial charge in [0.2, 0.25) is 0 Å². The van der Waals surface area contributed by atoms with Crippen molar-refractivity contribution in [3.8, 4) is 0 Å². The summed E-state index contributed by atoms with van der Waals surface area (Å²) in [6, 6.07) is 1.25. The Bertz CT molecular complexity index is 461. The third kappa shape index (κ3) is 7.83. The van der Waals surface area contributed by atoms with Crippen molar-refractivity contribution in [2.75, 3.05) is 26.2 Å². The Morgan fingerprint density at radius 3 is 1.54 bits per heavy atom. The van der Waals surface area contributed by atoms with E-state index in [2.05, 4.69) is 9.80 Å². The number of carbonyl (C=O) groups is 2. The largest absolute Gasteiger partial charge is 0.447 e. The molecule has 2 rings (SSSR count). The number of ether oxygens (including phenoxy) is 2. The Hall–Kier alpha value is -1.54. The predicted octanol–water partition coefficient (Wildman–Crippen LogP) is 2.44. The van der Waals surface area contributed by atoms with Crippen LogP contribution in [0.4, 0.5) is 9.59 Å². The lowest BCUT2D eigenvalue weighted by Crippen LogP contribution is -2.49. The molecule has 0 aromatic rings. The summed E-state index contributed by atoms with van der Waals surface area (Å²) in [7, 11) is 0. The third-order valence-corrected chi connectivity index (χ3v) is 6.12. The van der Waals surface area contributed by atoms with Crippen LogP contribution >= 0.6 is 0 Å². The van der Waals surface area contributed by atoms with Gasteiger partial charge in [0.1, 0.15) is 12.2 Å². The number of primary amides is 2. The minimum atomic E-state index is -0.683. The zero-order chi connectivity index (χ0) is 20.5.